The van der Waals surface area contributed by atoms with Gasteiger partial charge in [0.05, 0.1) is 11.5 Å². The molecular formula is C14H31NO2S. The Morgan fingerprint density at radius 2 is 1.67 bits per heavy atom. The van der Waals surface area contributed by atoms with Crippen LogP contribution in [0.3, 0.4) is 0 Å². The first kappa shape index (κ1) is 17.9. The highest BCUT2D eigenvalue weighted by Crippen LogP contribution is 2.06. The topological polar surface area (TPSA) is 46.2 Å². The smallest absolute Gasteiger partial charge is 0.151 e. The van der Waals surface area contributed by atoms with Crippen LogP contribution in [0.1, 0.15) is 59.8 Å². The van der Waals surface area contributed by atoms with Crippen molar-refractivity contribution in [1.29, 1.82) is 0 Å². The van der Waals surface area contributed by atoms with Gasteiger partial charge in [0.2, 0.25) is 0 Å². The Morgan fingerprint density at radius 3 is 2.22 bits per heavy atom. The second-order valence-electron chi connectivity index (χ2n) is 5.69. The molecule has 110 valence electrons. The zero-order valence-electron chi connectivity index (χ0n) is 12.5. The second-order valence-corrected chi connectivity index (χ2v) is 7.99. The molecule has 1 unspecified atom stereocenters. The Kier molecular flexibility index (Phi) is 9.74. The number of unbranched alkanes of at least 4 members (excludes halogenated alkanes) is 2. The molecule has 0 spiro atoms. The highest BCUT2D eigenvalue weighted by Gasteiger charge is 2.11. The van der Waals surface area contributed by atoms with E-state index >= 15 is 0 Å². The van der Waals surface area contributed by atoms with E-state index in [0.29, 0.717) is 24.3 Å². The van der Waals surface area contributed by atoms with Crippen LogP contribution in [0.4, 0.5) is 0 Å². The van der Waals surface area contributed by atoms with E-state index in [0.717, 1.165) is 25.7 Å². The van der Waals surface area contributed by atoms with Crippen LogP contribution in [0, 0.1) is 5.92 Å². The molecule has 0 bridgehead atoms. The van der Waals surface area contributed by atoms with Gasteiger partial charge < -0.3 is 5.32 Å². The van der Waals surface area contributed by atoms with E-state index in [9.17, 15) is 8.42 Å². The number of rotatable bonds is 11. The minimum Gasteiger partial charge on any atom is -0.313 e. The molecule has 18 heavy (non-hydrogen) atoms. The highest BCUT2D eigenvalue weighted by atomic mass is 32.2. The molecule has 0 saturated carbocycles. The molecule has 1 atom stereocenters. The maximum absolute atomic E-state index is 11.7. The normalized spacial score (nSPS) is 14.1. The maximum atomic E-state index is 11.7. The van der Waals surface area contributed by atoms with Crippen molar-refractivity contribution >= 4 is 9.84 Å². The molecule has 0 aliphatic carbocycles. The Labute approximate surface area is 114 Å². The van der Waals surface area contributed by atoms with Gasteiger partial charge in [-0.1, -0.05) is 33.6 Å². The standard InChI is InChI=1S/C14H31NO2S/c1-5-6-7-11-18(16,17)12-10-15-14(4)9-8-13(2)3/h13-15H,5-12H2,1-4H3. The molecule has 0 heterocycles. The van der Waals surface area contributed by atoms with Crippen molar-refractivity contribution in [3.8, 4) is 0 Å². The van der Waals surface area contributed by atoms with Gasteiger partial charge in [-0.15, -0.1) is 0 Å². The molecule has 0 aliphatic rings. The van der Waals surface area contributed by atoms with Crippen molar-refractivity contribution in [2.24, 2.45) is 5.92 Å². The van der Waals surface area contributed by atoms with Crippen LogP contribution in [0.2, 0.25) is 0 Å². The fourth-order valence-electron chi connectivity index (χ4n) is 1.82. The third-order valence-corrected chi connectivity index (χ3v) is 4.88. The van der Waals surface area contributed by atoms with Crippen molar-refractivity contribution in [2.45, 2.75) is 65.8 Å². The lowest BCUT2D eigenvalue weighted by Gasteiger charge is -2.15. The third kappa shape index (κ3) is 11.0. The van der Waals surface area contributed by atoms with Crippen LogP contribution in [-0.4, -0.2) is 32.5 Å². The van der Waals surface area contributed by atoms with Crippen LogP contribution < -0.4 is 5.32 Å². The monoisotopic (exact) mass is 277 g/mol. The number of nitrogens with one attached hydrogen (secondary N) is 1. The predicted octanol–water partition coefficient (Wildman–Crippen LogP) is 3.01. The van der Waals surface area contributed by atoms with E-state index in [1.165, 1.54) is 6.42 Å². The van der Waals surface area contributed by atoms with Gasteiger partial charge in [-0.05, 0) is 32.1 Å². The van der Waals surface area contributed by atoms with Crippen LogP contribution >= 0.6 is 0 Å². The summed E-state index contributed by atoms with van der Waals surface area (Å²) in [5.41, 5.74) is 0. The van der Waals surface area contributed by atoms with Gasteiger partial charge in [0.1, 0.15) is 0 Å². The lowest BCUT2D eigenvalue weighted by molar-refractivity contribution is 0.459. The molecule has 0 fully saturated rings. The quantitative estimate of drug-likeness (QED) is 0.591. The Hall–Kier alpha value is -0.0900. The summed E-state index contributed by atoms with van der Waals surface area (Å²) in [6, 6.07) is 0.415. The van der Waals surface area contributed by atoms with Gasteiger partial charge in [-0.25, -0.2) is 8.42 Å². The molecule has 4 heteroatoms. The van der Waals surface area contributed by atoms with Gasteiger partial charge in [0.15, 0.2) is 9.84 Å². The van der Waals surface area contributed by atoms with Crippen molar-refractivity contribution < 1.29 is 8.42 Å². The van der Waals surface area contributed by atoms with Crippen LogP contribution in [0.15, 0.2) is 0 Å². The molecule has 3 nitrogen and oxygen atoms in total. The first-order valence-electron chi connectivity index (χ1n) is 7.31. The van der Waals surface area contributed by atoms with E-state index in [2.05, 4.69) is 33.0 Å². The van der Waals surface area contributed by atoms with E-state index in [4.69, 9.17) is 0 Å². The van der Waals surface area contributed by atoms with Gasteiger partial charge in [0.25, 0.3) is 0 Å². The molecule has 0 saturated heterocycles. The fraction of sp³-hybridized carbons (Fsp3) is 1.00. The summed E-state index contributed by atoms with van der Waals surface area (Å²) < 4.78 is 23.4. The first-order chi connectivity index (χ1) is 8.37. The largest absolute Gasteiger partial charge is 0.313 e. The zero-order chi connectivity index (χ0) is 14.0. The van der Waals surface area contributed by atoms with Crippen molar-refractivity contribution in [3.05, 3.63) is 0 Å². The molecule has 0 radical (unpaired) electrons. The summed E-state index contributed by atoms with van der Waals surface area (Å²) in [5, 5.41) is 3.31. The van der Waals surface area contributed by atoms with E-state index < -0.39 is 9.84 Å². The molecule has 0 amide bonds. The summed E-state index contributed by atoms with van der Waals surface area (Å²) in [7, 11) is -2.84. The number of hydrogen-bond donors (Lipinski definition) is 1. The molecule has 1 N–H and O–H groups in total. The van der Waals surface area contributed by atoms with Crippen molar-refractivity contribution in [3.63, 3.8) is 0 Å². The Bertz CT molecular complexity index is 286. The predicted molar refractivity (Wildman–Crippen MR) is 79.7 cm³/mol. The third-order valence-electron chi connectivity index (χ3n) is 3.14. The molecule has 0 aromatic carbocycles. The van der Waals surface area contributed by atoms with Gasteiger partial charge in [-0.3, -0.25) is 0 Å². The van der Waals surface area contributed by atoms with Crippen LogP contribution in [0.5, 0.6) is 0 Å². The Morgan fingerprint density at radius 1 is 1.00 bits per heavy atom. The highest BCUT2D eigenvalue weighted by molar-refractivity contribution is 7.91. The summed E-state index contributed by atoms with van der Waals surface area (Å²) in [4.78, 5) is 0. The summed E-state index contributed by atoms with van der Waals surface area (Å²) in [6.07, 6.45) is 5.20. The van der Waals surface area contributed by atoms with Gasteiger partial charge in [-0.2, -0.15) is 0 Å². The molecular weight excluding hydrogens is 246 g/mol. The fourth-order valence-corrected chi connectivity index (χ4v) is 3.10. The molecule has 0 aromatic rings. The van der Waals surface area contributed by atoms with Gasteiger partial charge in [0, 0.05) is 12.6 Å². The average Bonchev–Trinajstić information content (AvgIpc) is 2.26. The van der Waals surface area contributed by atoms with E-state index in [1.54, 1.807) is 0 Å². The summed E-state index contributed by atoms with van der Waals surface area (Å²) in [5.74, 6) is 1.35. The number of hydrogen-bond acceptors (Lipinski definition) is 3. The molecule has 0 aliphatic heterocycles. The lowest BCUT2D eigenvalue weighted by atomic mass is 10.0. The number of sulfone groups is 1. The van der Waals surface area contributed by atoms with Crippen molar-refractivity contribution in [1.82, 2.24) is 5.32 Å². The molecule has 0 rings (SSSR count). The van der Waals surface area contributed by atoms with Crippen LogP contribution in [0.25, 0.3) is 0 Å². The van der Waals surface area contributed by atoms with Crippen LogP contribution in [-0.2, 0) is 9.84 Å². The minimum absolute atomic E-state index is 0.280. The van der Waals surface area contributed by atoms with E-state index in [-0.39, 0.29) is 5.75 Å². The first-order valence-corrected chi connectivity index (χ1v) is 9.13. The molecule has 0 aromatic heterocycles. The SMILES string of the molecule is CCCCCS(=O)(=O)CCNC(C)CCC(C)C. The van der Waals surface area contributed by atoms with Crippen molar-refractivity contribution in [2.75, 3.05) is 18.1 Å². The van der Waals surface area contributed by atoms with Gasteiger partial charge >= 0.3 is 0 Å². The minimum atomic E-state index is -2.84. The maximum Gasteiger partial charge on any atom is 0.151 e. The summed E-state index contributed by atoms with van der Waals surface area (Å²) >= 11 is 0. The average molecular weight is 277 g/mol. The Balaban J connectivity index is 3.68. The summed E-state index contributed by atoms with van der Waals surface area (Å²) in [6.45, 7) is 9.24. The lowest BCUT2D eigenvalue weighted by Crippen LogP contribution is -2.31. The zero-order valence-corrected chi connectivity index (χ0v) is 13.4. The van der Waals surface area contributed by atoms with E-state index in [1.807, 2.05) is 0 Å². The second kappa shape index (κ2) is 9.79.